The van der Waals surface area contributed by atoms with Crippen molar-refractivity contribution < 1.29 is 4.74 Å². The summed E-state index contributed by atoms with van der Waals surface area (Å²) in [6.45, 7) is 15.5. The summed E-state index contributed by atoms with van der Waals surface area (Å²) in [7, 11) is 0. The third-order valence-corrected chi connectivity index (χ3v) is 2.90. The fourth-order valence-corrected chi connectivity index (χ4v) is 1.54. The minimum Gasteiger partial charge on any atom is -0.493 e. The maximum atomic E-state index is 5.70. The Morgan fingerprint density at radius 3 is 2.00 bits per heavy atom. The molecule has 0 fully saturated rings. The standard InChI is InChI=1S/C13H20O.C2H6/c1-6-7-14-13-8-9(2)10(3)11(4)12(13)5;1-2/h8H,6-7H2,1-5H3;1-2H3. The van der Waals surface area contributed by atoms with Crippen LogP contribution in [0.15, 0.2) is 6.07 Å². The number of hydrogen-bond acceptors (Lipinski definition) is 1. The van der Waals surface area contributed by atoms with Crippen molar-refractivity contribution in [3.05, 3.63) is 28.3 Å². The van der Waals surface area contributed by atoms with E-state index in [4.69, 9.17) is 4.74 Å². The maximum Gasteiger partial charge on any atom is 0.122 e. The van der Waals surface area contributed by atoms with Gasteiger partial charge in [-0.2, -0.15) is 0 Å². The van der Waals surface area contributed by atoms with Gasteiger partial charge < -0.3 is 4.74 Å². The predicted molar refractivity (Wildman–Crippen MR) is 72.5 cm³/mol. The van der Waals surface area contributed by atoms with Gasteiger partial charge in [0.2, 0.25) is 0 Å². The first kappa shape index (κ1) is 15.0. The van der Waals surface area contributed by atoms with Gasteiger partial charge in [0.25, 0.3) is 0 Å². The molecule has 0 aliphatic rings. The van der Waals surface area contributed by atoms with Crippen LogP contribution in [-0.2, 0) is 0 Å². The SMILES string of the molecule is CC.CCCOc1cc(C)c(C)c(C)c1C. The number of aryl methyl sites for hydroxylation is 1. The molecule has 0 radical (unpaired) electrons. The quantitative estimate of drug-likeness (QED) is 0.718. The highest BCUT2D eigenvalue weighted by molar-refractivity contribution is 5.47. The molecule has 0 aliphatic heterocycles. The molecule has 0 aromatic heterocycles. The second kappa shape index (κ2) is 7.32. The molecule has 0 saturated heterocycles. The summed E-state index contributed by atoms with van der Waals surface area (Å²) >= 11 is 0. The molecule has 1 rings (SSSR count). The lowest BCUT2D eigenvalue weighted by Crippen LogP contribution is -2.00. The summed E-state index contributed by atoms with van der Waals surface area (Å²) in [6, 6.07) is 2.15. The van der Waals surface area contributed by atoms with E-state index < -0.39 is 0 Å². The predicted octanol–water partition coefficient (Wildman–Crippen LogP) is 4.74. The Bertz CT molecular complexity index is 327. The molecule has 0 atom stereocenters. The minimum atomic E-state index is 0.808. The van der Waals surface area contributed by atoms with E-state index >= 15 is 0 Å². The van der Waals surface area contributed by atoms with Crippen molar-refractivity contribution in [2.24, 2.45) is 0 Å². The van der Waals surface area contributed by atoms with Crippen molar-refractivity contribution >= 4 is 0 Å². The van der Waals surface area contributed by atoms with Crippen LogP contribution in [0.2, 0.25) is 0 Å². The van der Waals surface area contributed by atoms with Gasteiger partial charge in [-0.3, -0.25) is 0 Å². The van der Waals surface area contributed by atoms with Crippen LogP contribution >= 0.6 is 0 Å². The van der Waals surface area contributed by atoms with Crippen molar-refractivity contribution in [2.45, 2.75) is 54.9 Å². The molecule has 0 bridgehead atoms. The van der Waals surface area contributed by atoms with E-state index in [1.54, 1.807) is 0 Å². The van der Waals surface area contributed by atoms with E-state index in [9.17, 15) is 0 Å². The zero-order valence-electron chi connectivity index (χ0n) is 11.9. The molecule has 0 spiro atoms. The normalized spacial score (nSPS) is 9.44. The fraction of sp³-hybridized carbons (Fsp3) is 0.600. The van der Waals surface area contributed by atoms with Crippen molar-refractivity contribution in [2.75, 3.05) is 6.61 Å². The molecule has 1 aromatic rings. The highest BCUT2D eigenvalue weighted by atomic mass is 16.5. The molecule has 1 aromatic carbocycles. The first-order chi connectivity index (χ1) is 7.57. The average molecular weight is 222 g/mol. The molecule has 0 aliphatic carbocycles. The molecule has 1 heteroatoms. The van der Waals surface area contributed by atoms with Gasteiger partial charge in [-0.25, -0.2) is 0 Å². The molecule has 0 N–H and O–H groups in total. The Balaban J connectivity index is 0.00000106. The molecule has 1 nitrogen and oxygen atoms in total. The summed E-state index contributed by atoms with van der Waals surface area (Å²) in [5, 5.41) is 0. The Hall–Kier alpha value is -0.980. The number of ether oxygens (including phenoxy) is 1. The lowest BCUT2D eigenvalue weighted by atomic mass is 9.99. The Labute approximate surface area is 101 Å². The molecule has 0 heterocycles. The van der Waals surface area contributed by atoms with Crippen LogP contribution < -0.4 is 4.74 Å². The summed E-state index contributed by atoms with van der Waals surface area (Å²) < 4.78 is 5.70. The lowest BCUT2D eigenvalue weighted by Gasteiger charge is -2.14. The maximum absolute atomic E-state index is 5.70. The number of hydrogen-bond donors (Lipinski definition) is 0. The van der Waals surface area contributed by atoms with Gasteiger partial charge in [0.1, 0.15) is 5.75 Å². The average Bonchev–Trinajstić information content (AvgIpc) is 2.32. The zero-order chi connectivity index (χ0) is 12.7. The smallest absolute Gasteiger partial charge is 0.122 e. The second-order valence-electron chi connectivity index (χ2n) is 3.92. The van der Waals surface area contributed by atoms with Crippen LogP contribution in [0.4, 0.5) is 0 Å². The van der Waals surface area contributed by atoms with E-state index in [0.717, 1.165) is 18.8 Å². The van der Waals surface area contributed by atoms with Gasteiger partial charge in [-0.05, 0) is 62.4 Å². The van der Waals surface area contributed by atoms with Crippen LogP contribution in [-0.4, -0.2) is 6.61 Å². The Morgan fingerprint density at radius 1 is 0.938 bits per heavy atom. The summed E-state index contributed by atoms with van der Waals surface area (Å²) in [5.74, 6) is 1.05. The van der Waals surface area contributed by atoms with Crippen molar-refractivity contribution in [1.82, 2.24) is 0 Å². The highest BCUT2D eigenvalue weighted by Gasteiger charge is 2.07. The largest absolute Gasteiger partial charge is 0.493 e. The lowest BCUT2D eigenvalue weighted by molar-refractivity contribution is 0.315. The van der Waals surface area contributed by atoms with Crippen LogP contribution in [0, 0.1) is 27.7 Å². The first-order valence-corrected chi connectivity index (χ1v) is 6.28. The highest BCUT2D eigenvalue weighted by Crippen LogP contribution is 2.26. The summed E-state index contributed by atoms with van der Waals surface area (Å²) in [5.41, 5.74) is 5.34. The van der Waals surface area contributed by atoms with E-state index in [1.807, 2.05) is 13.8 Å². The monoisotopic (exact) mass is 222 g/mol. The molecule has 92 valence electrons. The molecule has 0 saturated carbocycles. The van der Waals surface area contributed by atoms with Crippen molar-refractivity contribution in [3.8, 4) is 5.75 Å². The van der Waals surface area contributed by atoms with E-state index in [0.29, 0.717) is 0 Å². The van der Waals surface area contributed by atoms with Crippen LogP contribution in [0.25, 0.3) is 0 Å². The van der Waals surface area contributed by atoms with Crippen LogP contribution in [0.5, 0.6) is 5.75 Å². The van der Waals surface area contributed by atoms with E-state index in [2.05, 4.69) is 40.7 Å². The van der Waals surface area contributed by atoms with Gasteiger partial charge in [-0.1, -0.05) is 20.8 Å². The Morgan fingerprint density at radius 2 is 1.50 bits per heavy atom. The number of benzene rings is 1. The van der Waals surface area contributed by atoms with E-state index in [-0.39, 0.29) is 0 Å². The van der Waals surface area contributed by atoms with Crippen molar-refractivity contribution in [1.29, 1.82) is 0 Å². The fourth-order valence-electron chi connectivity index (χ4n) is 1.54. The molecule has 16 heavy (non-hydrogen) atoms. The molecular formula is C15H26O. The van der Waals surface area contributed by atoms with E-state index in [1.165, 1.54) is 22.3 Å². The molecule has 0 amide bonds. The first-order valence-electron chi connectivity index (χ1n) is 6.28. The summed E-state index contributed by atoms with van der Waals surface area (Å²) in [4.78, 5) is 0. The van der Waals surface area contributed by atoms with Gasteiger partial charge in [0.15, 0.2) is 0 Å². The zero-order valence-corrected chi connectivity index (χ0v) is 11.9. The topological polar surface area (TPSA) is 9.23 Å². The minimum absolute atomic E-state index is 0.808. The van der Waals surface area contributed by atoms with Gasteiger partial charge in [-0.15, -0.1) is 0 Å². The number of rotatable bonds is 3. The van der Waals surface area contributed by atoms with Crippen molar-refractivity contribution in [3.63, 3.8) is 0 Å². The van der Waals surface area contributed by atoms with Crippen LogP contribution in [0.1, 0.15) is 49.4 Å². The van der Waals surface area contributed by atoms with Crippen LogP contribution in [0.3, 0.4) is 0 Å². The van der Waals surface area contributed by atoms with Gasteiger partial charge >= 0.3 is 0 Å². The summed E-state index contributed by atoms with van der Waals surface area (Å²) in [6.07, 6.45) is 1.06. The molecular weight excluding hydrogens is 196 g/mol. The third-order valence-electron chi connectivity index (χ3n) is 2.90. The second-order valence-corrected chi connectivity index (χ2v) is 3.92. The van der Waals surface area contributed by atoms with Gasteiger partial charge in [0, 0.05) is 0 Å². The van der Waals surface area contributed by atoms with Gasteiger partial charge in [0.05, 0.1) is 6.61 Å². The molecule has 0 unspecified atom stereocenters. The Kier molecular flexibility index (Phi) is 6.87. The third kappa shape index (κ3) is 3.55.